The third kappa shape index (κ3) is 5.01. The maximum Gasteiger partial charge on any atom is 0.417 e. The van der Waals surface area contributed by atoms with Crippen LogP contribution in [0.15, 0.2) is 54.7 Å². The molecule has 0 saturated carbocycles. The van der Waals surface area contributed by atoms with E-state index >= 15 is 0 Å². The minimum absolute atomic E-state index is 0.00422. The Morgan fingerprint density at radius 3 is 2.11 bits per heavy atom. The molecule has 1 heterocycles. The Bertz CT molecular complexity index is 959. The van der Waals surface area contributed by atoms with E-state index in [-0.39, 0.29) is 26.7 Å². The Morgan fingerprint density at radius 2 is 1.54 bits per heavy atom. The maximum atomic E-state index is 12.7. The molecule has 0 saturated heterocycles. The van der Waals surface area contributed by atoms with Crippen molar-refractivity contribution in [2.75, 3.05) is 0 Å². The van der Waals surface area contributed by atoms with E-state index in [0.29, 0.717) is 24.6 Å². The fraction of sp³-hybridized carbons (Fsp3) is 0.105. The summed E-state index contributed by atoms with van der Waals surface area (Å²) in [7, 11) is 0. The van der Waals surface area contributed by atoms with E-state index in [2.05, 4.69) is 4.98 Å². The second-order valence-electron chi connectivity index (χ2n) is 5.60. The van der Waals surface area contributed by atoms with Crippen LogP contribution in [0.3, 0.4) is 0 Å². The van der Waals surface area contributed by atoms with Crippen molar-refractivity contribution in [3.8, 4) is 17.4 Å². The summed E-state index contributed by atoms with van der Waals surface area (Å²) in [6, 6.07) is 13.1. The molecule has 2 aromatic carbocycles. The van der Waals surface area contributed by atoms with Gasteiger partial charge in [-0.1, -0.05) is 65.1 Å². The van der Waals surface area contributed by atoms with E-state index in [1.54, 1.807) is 0 Å². The van der Waals surface area contributed by atoms with Crippen molar-refractivity contribution in [2.45, 2.75) is 12.8 Å². The minimum Gasteiger partial charge on any atom is -0.489 e. The Labute approximate surface area is 173 Å². The van der Waals surface area contributed by atoms with Gasteiger partial charge < -0.3 is 9.47 Å². The van der Waals surface area contributed by atoms with Gasteiger partial charge in [-0.3, -0.25) is 0 Å². The topological polar surface area (TPSA) is 31.4 Å². The number of rotatable bonds is 5. The first-order chi connectivity index (χ1) is 13.2. The number of ether oxygens (including phenoxy) is 2. The van der Waals surface area contributed by atoms with E-state index < -0.39 is 11.7 Å². The van der Waals surface area contributed by atoms with Gasteiger partial charge in [0.2, 0.25) is 5.88 Å². The zero-order valence-corrected chi connectivity index (χ0v) is 16.2. The average Bonchev–Trinajstić information content (AvgIpc) is 2.64. The van der Waals surface area contributed by atoms with Crippen molar-refractivity contribution in [2.24, 2.45) is 0 Å². The number of benzene rings is 2. The summed E-state index contributed by atoms with van der Waals surface area (Å²) in [6.07, 6.45) is -3.96. The Hall–Kier alpha value is -2.15. The van der Waals surface area contributed by atoms with E-state index in [1.165, 1.54) is 12.1 Å². The second kappa shape index (κ2) is 8.47. The summed E-state index contributed by atoms with van der Waals surface area (Å²) in [4.78, 5) is 3.60. The molecule has 3 rings (SSSR count). The van der Waals surface area contributed by atoms with Crippen molar-refractivity contribution in [3.05, 3.63) is 80.9 Å². The van der Waals surface area contributed by atoms with Gasteiger partial charge in [-0.2, -0.15) is 13.2 Å². The maximum absolute atomic E-state index is 12.7. The lowest BCUT2D eigenvalue weighted by Crippen LogP contribution is -2.06. The predicted molar refractivity (Wildman–Crippen MR) is 102 cm³/mol. The molecule has 0 aliphatic heterocycles. The van der Waals surface area contributed by atoms with Crippen molar-refractivity contribution >= 4 is 34.8 Å². The first kappa shape index (κ1) is 20.6. The summed E-state index contributed by atoms with van der Waals surface area (Å²) >= 11 is 18.2. The fourth-order valence-corrected chi connectivity index (χ4v) is 2.96. The van der Waals surface area contributed by atoms with Crippen LogP contribution in [-0.2, 0) is 12.8 Å². The van der Waals surface area contributed by atoms with Crippen LogP contribution < -0.4 is 9.47 Å². The van der Waals surface area contributed by atoms with Crippen LogP contribution in [0.2, 0.25) is 15.1 Å². The number of nitrogens with zero attached hydrogens (tertiary/aromatic N) is 1. The van der Waals surface area contributed by atoms with Crippen LogP contribution in [0.5, 0.6) is 17.4 Å². The number of hydrogen-bond donors (Lipinski definition) is 0. The molecule has 0 unspecified atom stereocenters. The Kier molecular flexibility index (Phi) is 6.23. The molecular formula is C19H11Cl3F3NO2. The van der Waals surface area contributed by atoms with Crippen LogP contribution in [0, 0.1) is 0 Å². The number of alkyl halides is 3. The van der Waals surface area contributed by atoms with Gasteiger partial charge >= 0.3 is 6.18 Å². The Morgan fingerprint density at radius 1 is 0.893 bits per heavy atom. The highest BCUT2D eigenvalue weighted by Crippen LogP contribution is 2.41. The summed E-state index contributed by atoms with van der Waals surface area (Å²) in [5.41, 5.74) is -0.0393. The van der Waals surface area contributed by atoms with E-state index in [9.17, 15) is 13.2 Å². The monoisotopic (exact) mass is 447 g/mol. The van der Waals surface area contributed by atoms with E-state index in [1.807, 2.05) is 30.3 Å². The number of aromatic nitrogens is 1. The van der Waals surface area contributed by atoms with Crippen LogP contribution in [-0.4, -0.2) is 4.98 Å². The largest absolute Gasteiger partial charge is 0.489 e. The third-order valence-electron chi connectivity index (χ3n) is 3.55. The van der Waals surface area contributed by atoms with Crippen molar-refractivity contribution < 1.29 is 22.6 Å². The molecule has 0 N–H and O–H groups in total. The van der Waals surface area contributed by atoms with Crippen LogP contribution in [0.25, 0.3) is 0 Å². The fourth-order valence-electron chi connectivity index (χ4n) is 2.21. The average molecular weight is 449 g/mol. The van der Waals surface area contributed by atoms with Gasteiger partial charge in [0, 0.05) is 18.3 Å². The normalized spacial score (nSPS) is 11.4. The molecule has 0 atom stereocenters. The first-order valence-electron chi connectivity index (χ1n) is 7.80. The lowest BCUT2D eigenvalue weighted by atomic mass is 10.2. The van der Waals surface area contributed by atoms with Crippen LogP contribution in [0.1, 0.15) is 11.1 Å². The quantitative estimate of drug-likeness (QED) is 0.407. The zero-order chi connectivity index (χ0) is 20.3. The minimum atomic E-state index is -4.57. The summed E-state index contributed by atoms with van der Waals surface area (Å²) in [5.74, 6) is 0.152. The van der Waals surface area contributed by atoms with Crippen molar-refractivity contribution in [3.63, 3.8) is 0 Å². The van der Waals surface area contributed by atoms with Gasteiger partial charge in [-0.05, 0) is 11.6 Å². The first-order valence-corrected chi connectivity index (χ1v) is 8.94. The third-order valence-corrected chi connectivity index (χ3v) is 4.39. The van der Waals surface area contributed by atoms with Crippen LogP contribution in [0.4, 0.5) is 13.2 Å². The molecule has 0 fully saturated rings. The smallest absolute Gasteiger partial charge is 0.417 e. The molecule has 0 radical (unpaired) electrons. The lowest BCUT2D eigenvalue weighted by Gasteiger charge is -2.13. The summed E-state index contributed by atoms with van der Waals surface area (Å²) in [6.45, 7) is 0.306. The van der Waals surface area contributed by atoms with E-state index in [4.69, 9.17) is 44.3 Å². The standard InChI is InChI=1S/C19H11Cl3F3NO2/c20-14-7-13(27-10-11-4-2-1-3-5-11)8-15(21)17(14)28-18-16(22)6-12(9-26-18)19(23,24)25/h1-9H,10H2. The SMILES string of the molecule is FC(F)(F)c1cnc(Oc2c(Cl)cc(OCc3ccccc3)cc2Cl)c(Cl)c1. The van der Waals surface area contributed by atoms with Crippen molar-refractivity contribution in [1.29, 1.82) is 0 Å². The molecule has 0 bridgehead atoms. The molecule has 0 spiro atoms. The van der Waals surface area contributed by atoms with E-state index in [0.717, 1.165) is 5.56 Å². The highest BCUT2D eigenvalue weighted by atomic mass is 35.5. The van der Waals surface area contributed by atoms with Gasteiger partial charge in [0.05, 0.1) is 15.6 Å². The zero-order valence-electron chi connectivity index (χ0n) is 13.9. The molecule has 1 aromatic heterocycles. The highest BCUT2D eigenvalue weighted by molar-refractivity contribution is 6.37. The molecule has 146 valence electrons. The van der Waals surface area contributed by atoms with Gasteiger partial charge in [-0.15, -0.1) is 0 Å². The molecule has 0 aliphatic rings. The second-order valence-corrected chi connectivity index (χ2v) is 6.82. The summed E-state index contributed by atoms with van der Waals surface area (Å²) < 4.78 is 49.2. The van der Waals surface area contributed by atoms with Crippen molar-refractivity contribution in [1.82, 2.24) is 4.98 Å². The van der Waals surface area contributed by atoms with Crippen LogP contribution >= 0.6 is 34.8 Å². The lowest BCUT2D eigenvalue weighted by molar-refractivity contribution is -0.137. The molecule has 0 amide bonds. The van der Waals surface area contributed by atoms with Gasteiger partial charge in [0.15, 0.2) is 5.75 Å². The molecular weight excluding hydrogens is 438 g/mol. The Balaban J connectivity index is 1.78. The number of pyridine rings is 1. The predicted octanol–water partition coefficient (Wildman–Crippen LogP) is 7.43. The number of hydrogen-bond acceptors (Lipinski definition) is 3. The molecule has 28 heavy (non-hydrogen) atoms. The molecule has 9 heteroatoms. The van der Waals surface area contributed by atoms with Gasteiger partial charge in [0.25, 0.3) is 0 Å². The van der Waals surface area contributed by atoms with Gasteiger partial charge in [0.1, 0.15) is 17.4 Å². The van der Waals surface area contributed by atoms with Gasteiger partial charge in [-0.25, -0.2) is 4.98 Å². The number of halogens is 6. The molecule has 3 nitrogen and oxygen atoms in total. The summed E-state index contributed by atoms with van der Waals surface area (Å²) in [5, 5.41) is -0.145. The molecule has 3 aromatic rings. The highest BCUT2D eigenvalue weighted by Gasteiger charge is 2.32. The molecule has 0 aliphatic carbocycles.